The summed E-state index contributed by atoms with van der Waals surface area (Å²) in [6.07, 6.45) is 7.63. The van der Waals surface area contributed by atoms with Gasteiger partial charge in [0.1, 0.15) is 0 Å². The Morgan fingerprint density at radius 2 is 1.86 bits per heavy atom. The number of hydrogen-bond acceptors (Lipinski definition) is 4. The van der Waals surface area contributed by atoms with E-state index in [1.54, 1.807) is 0 Å². The quantitative estimate of drug-likeness (QED) is 0.340. The van der Waals surface area contributed by atoms with Crippen LogP contribution in [0.3, 0.4) is 0 Å². The Morgan fingerprint density at radius 1 is 1.14 bits per heavy atom. The lowest BCUT2D eigenvalue weighted by Gasteiger charge is -2.42. The number of nitrogens with one attached hydrogen (secondary N) is 1. The second-order valence-corrected chi connectivity index (χ2v) is 8.86. The summed E-state index contributed by atoms with van der Waals surface area (Å²) in [4.78, 5) is 12.7. The Balaban J connectivity index is 0.00000280. The second kappa shape index (κ2) is 11.9. The van der Waals surface area contributed by atoms with Crippen molar-refractivity contribution >= 4 is 29.9 Å². The molecule has 7 heteroatoms. The van der Waals surface area contributed by atoms with Crippen molar-refractivity contribution < 1.29 is 4.74 Å². The summed E-state index contributed by atoms with van der Waals surface area (Å²) < 4.78 is 5.61. The van der Waals surface area contributed by atoms with Crippen molar-refractivity contribution in [3.8, 4) is 0 Å². The molecule has 0 radical (unpaired) electrons. The number of ether oxygens (including phenoxy) is 1. The fraction of sp³-hybridized carbons (Fsp3) is 0.952. The predicted octanol–water partition coefficient (Wildman–Crippen LogP) is 2.49. The molecule has 28 heavy (non-hydrogen) atoms. The van der Waals surface area contributed by atoms with Gasteiger partial charge in [-0.2, -0.15) is 0 Å². The maximum absolute atomic E-state index is 5.61. The molecule has 1 unspecified atom stereocenters. The molecule has 6 nitrogen and oxygen atoms in total. The van der Waals surface area contributed by atoms with Crippen molar-refractivity contribution in [1.82, 2.24) is 20.0 Å². The lowest BCUT2D eigenvalue weighted by molar-refractivity contribution is -0.00263. The van der Waals surface area contributed by atoms with Gasteiger partial charge < -0.3 is 24.8 Å². The molecule has 3 aliphatic heterocycles. The maximum atomic E-state index is 5.61. The van der Waals surface area contributed by atoms with E-state index in [0.717, 1.165) is 64.1 Å². The summed E-state index contributed by atoms with van der Waals surface area (Å²) in [6.45, 7) is 11.8. The molecule has 0 bridgehead atoms. The zero-order valence-electron chi connectivity index (χ0n) is 18.3. The van der Waals surface area contributed by atoms with Gasteiger partial charge in [-0.25, -0.2) is 0 Å². The van der Waals surface area contributed by atoms with Crippen LogP contribution in [0.25, 0.3) is 0 Å². The third-order valence-electron chi connectivity index (χ3n) is 6.78. The van der Waals surface area contributed by atoms with Crippen LogP contribution < -0.4 is 5.32 Å². The van der Waals surface area contributed by atoms with Crippen molar-refractivity contribution in [1.29, 1.82) is 0 Å². The molecule has 3 heterocycles. The fourth-order valence-corrected chi connectivity index (χ4v) is 4.83. The highest BCUT2D eigenvalue weighted by atomic mass is 127. The first-order chi connectivity index (χ1) is 13.1. The van der Waals surface area contributed by atoms with Crippen molar-refractivity contribution in [2.45, 2.75) is 51.0 Å². The smallest absolute Gasteiger partial charge is 0.193 e. The van der Waals surface area contributed by atoms with Crippen LogP contribution in [0.5, 0.6) is 0 Å². The number of piperidine rings is 1. The Morgan fingerprint density at radius 3 is 2.50 bits per heavy atom. The first-order valence-corrected chi connectivity index (χ1v) is 11.1. The number of aliphatic imine (C=N–C) groups is 1. The summed E-state index contributed by atoms with van der Waals surface area (Å²) in [5, 5.41) is 3.56. The van der Waals surface area contributed by atoms with E-state index in [1.165, 1.54) is 45.3 Å². The molecule has 0 aromatic carbocycles. The third-order valence-corrected chi connectivity index (χ3v) is 6.78. The molecule has 0 amide bonds. The van der Waals surface area contributed by atoms with E-state index in [2.05, 4.69) is 41.0 Å². The monoisotopic (exact) mass is 507 g/mol. The predicted molar refractivity (Wildman–Crippen MR) is 128 cm³/mol. The van der Waals surface area contributed by atoms with Gasteiger partial charge >= 0.3 is 0 Å². The topological polar surface area (TPSA) is 43.3 Å². The van der Waals surface area contributed by atoms with E-state index in [-0.39, 0.29) is 29.5 Å². The molecule has 164 valence electrons. The van der Waals surface area contributed by atoms with Gasteiger partial charge in [0.05, 0.1) is 6.54 Å². The molecule has 3 fully saturated rings. The third kappa shape index (κ3) is 6.44. The summed E-state index contributed by atoms with van der Waals surface area (Å²) in [6, 6.07) is 0. The first kappa shape index (κ1) is 24.2. The number of likely N-dealkylation sites (N-methyl/N-ethyl adjacent to an activating group) is 1. The highest BCUT2D eigenvalue weighted by molar-refractivity contribution is 14.0. The first-order valence-electron chi connectivity index (χ1n) is 11.1. The average molecular weight is 508 g/mol. The fourth-order valence-electron chi connectivity index (χ4n) is 4.83. The van der Waals surface area contributed by atoms with Crippen molar-refractivity contribution in [3.63, 3.8) is 0 Å². The van der Waals surface area contributed by atoms with Crippen molar-refractivity contribution in [2.24, 2.45) is 10.9 Å². The van der Waals surface area contributed by atoms with Crippen LogP contribution in [0.15, 0.2) is 4.99 Å². The van der Waals surface area contributed by atoms with E-state index in [4.69, 9.17) is 9.73 Å². The lowest BCUT2D eigenvalue weighted by atomic mass is 9.89. The van der Waals surface area contributed by atoms with E-state index in [9.17, 15) is 0 Å². The standard InChI is InChI=1S/C21H41N5O.HI/c1-4-22-20(23-18-21(24(2)3)9-14-27-15-10-21)26-13-8-19(17-26)16-25-11-6-5-7-12-25;/h19H,4-18H2,1-3H3,(H,22,23);1H. The zero-order chi connectivity index (χ0) is 19.1. The Bertz CT molecular complexity index is 475. The number of hydrogen-bond donors (Lipinski definition) is 1. The van der Waals surface area contributed by atoms with Crippen molar-refractivity contribution in [2.75, 3.05) is 73.1 Å². The highest BCUT2D eigenvalue weighted by Crippen LogP contribution is 2.27. The van der Waals surface area contributed by atoms with Crippen LogP contribution in [-0.2, 0) is 4.74 Å². The van der Waals surface area contributed by atoms with E-state index >= 15 is 0 Å². The van der Waals surface area contributed by atoms with Gasteiger partial charge in [-0.3, -0.25) is 4.99 Å². The largest absolute Gasteiger partial charge is 0.381 e. The molecule has 0 saturated carbocycles. The van der Waals surface area contributed by atoms with Gasteiger partial charge in [-0.05, 0) is 72.1 Å². The van der Waals surface area contributed by atoms with Gasteiger partial charge in [-0.15, -0.1) is 24.0 Å². The van der Waals surface area contributed by atoms with E-state index < -0.39 is 0 Å². The molecule has 0 aromatic heterocycles. The second-order valence-electron chi connectivity index (χ2n) is 8.86. The number of rotatable bonds is 6. The SMILES string of the molecule is CCNC(=NCC1(N(C)C)CCOCC1)N1CCC(CN2CCCCC2)C1.I. The van der Waals surface area contributed by atoms with Crippen LogP contribution in [0, 0.1) is 5.92 Å². The number of halogens is 1. The average Bonchev–Trinajstić information content (AvgIpc) is 3.15. The molecule has 3 rings (SSSR count). The number of guanidine groups is 1. The van der Waals surface area contributed by atoms with Crippen LogP contribution in [0.4, 0.5) is 0 Å². The van der Waals surface area contributed by atoms with Gasteiger partial charge in [0.2, 0.25) is 0 Å². The lowest BCUT2D eigenvalue weighted by Crippen LogP contribution is -2.52. The highest BCUT2D eigenvalue weighted by Gasteiger charge is 2.35. The van der Waals surface area contributed by atoms with Crippen LogP contribution in [0.1, 0.15) is 45.4 Å². The van der Waals surface area contributed by atoms with Gasteiger partial charge in [-0.1, -0.05) is 6.42 Å². The molecular weight excluding hydrogens is 465 g/mol. The molecule has 0 aliphatic carbocycles. The Kier molecular flexibility index (Phi) is 10.3. The molecule has 1 atom stereocenters. The normalized spacial score (nSPS) is 26.4. The van der Waals surface area contributed by atoms with Crippen LogP contribution >= 0.6 is 24.0 Å². The van der Waals surface area contributed by atoms with Gasteiger partial charge in [0, 0.05) is 44.9 Å². The molecule has 1 N–H and O–H groups in total. The summed E-state index contributed by atoms with van der Waals surface area (Å²) in [5.74, 6) is 1.91. The van der Waals surface area contributed by atoms with E-state index in [0.29, 0.717) is 0 Å². The molecule has 0 aromatic rings. The van der Waals surface area contributed by atoms with Gasteiger partial charge in [0.15, 0.2) is 5.96 Å². The Labute approximate surface area is 189 Å². The van der Waals surface area contributed by atoms with E-state index in [1.807, 2.05) is 0 Å². The van der Waals surface area contributed by atoms with Crippen LogP contribution in [-0.4, -0.2) is 99.3 Å². The number of likely N-dealkylation sites (tertiary alicyclic amines) is 2. The molecule has 3 saturated heterocycles. The summed E-state index contributed by atoms with van der Waals surface area (Å²) in [7, 11) is 4.39. The van der Waals surface area contributed by atoms with Gasteiger partial charge in [0.25, 0.3) is 0 Å². The minimum Gasteiger partial charge on any atom is -0.381 e. The van der Waals surface area contributed by atoms with Crippen LogP contribution in [0.2, 0.25) is 0 Å². The maximum Gasteiger partial charge on any atom is 0.193 e. The zero-order valence-corrected chi connectivity index (χ0v) is 20.6. The molecule has 3 aliphatic rings. The minimum atomic E-state index is 0. The Hall–Kier alpha value is -0.120. The summed E-state index contributed by atoms with van der Waals surface area (Å²) >= 11 is 0. The molecule has 0 spiro atoms. The van der Waals surface area contributed by atoms with Crippen molar-refractivity contribution in [3.05, 3.63) is 0 Å². The number of nitrogens with zero attached hydrogens (tertiary/aromatic N) is 4. The summed E-state index contributed by atoms with van der Waals surface area (Å²) in [5.41, 5.74) is 0.145. The molecular formula is C21H42IN5O. The minimum absolute atomic E-state index is 0.